The summed E-state index contributed by atoms with van der Waals surface area (Å²) in [7, 11) is 4.01. The maximum atomic E-state index is 12.5. The van der Waals surface area contributed by atoms with E-state index in [1.54, 1.807) is 0 Å². The van der Waals surface area contributed by atoms with Crippen molar-refractivity contribution in [3.05, 3.63) is 59.7 Å². The van der Waals surface area contributed by atoms with Crippen LogP contribution >= 0.6 is 11.8 Å². The monoisotopic (exact) mass is 399 g/mol. The Morgan fingerprint density at radius 1 is 0.964 bits per heavy atom. The van der Waals surface area contributed by atoms with Crippen LogP contribution in [-0.4, -0.2) is 48.9 Å². The van der Waals surface area contributed by atoms with Gasteiger partial charge in [-0.3, -0.25) is 9.59 Å². The molecule has 1 N–H and O–H groups in total. The highest BCUT2D eigenvalue weighted by Crippen LogP contribution is 2.15. The molecule has 2 aromatic carbocycles. The molecule has 28 heavy (non-hydrogen) atoms. The third-order valence-electron chi connectivity index (χ3n) is 4.35. The number of nitrogens with zero attached hydrogens (tertiary/aromatic N) is 2. The lowest BCUT2D eigenvalue weighted by Crippen LogP contribution is -2.32. The lowest BCUT2D eigenvalue weighted by atomic mass is 10.2. The Balaban J connectivity index is 1.78. The van der Waals surface area contributed by atoms with E-state index in [1.165, 1.54) is 11.8 Å². The fraction of sp³-hybridized carbons (Fsp3) is 0.364. The third kappa shape index (κ3) is 6.93. The van der Waals surface area contributed by atoms with Gasteiger partial charge in [0.05, 0.1) is 11.5 Å². The first-order chi connectivity index (χ1) is 13.4. The molecule has 0 spiro atoms. The Hall–Kier alpha value is -2.47. The average Bonchev–Trinajstić information content (AvgIpc) is 2.68. The van der Waals surface area contributed by atoms with Gasteiger partial charge in [-0.15, -0.1) is 11.8 Å². The van der Waals surface area contributed by atoms with Gasteiger partial charge in [-0.1, -0.05) is 29.8 Å². The van der Waals surface area contributed by atoms with E-state index in [4.69, 9.17) is 0 Å². The summed E-state index contributed by atoms with van der Waals surface area (Å²) >= 11 is 1.34. The first kappa shape index (κ1) is 21.8. The molecule has 0 radical (unpaired) electrons. The summed E-state index contributed by atoms with van der Waals surface area (Å²) in [6.45, 7) is 5.20. The number of amides is 2. The summed E-state index contributed by atoms with van der Waals surface area (Å²) < 4.78 is 0. The Bertz CT molecular complexity index is 773. The summed E-state index contributed by atoms with van der Waals surface area (Å²) in [5.41, 5.74) is 4.16. The van der Waals surface area contributed by atoms with Gasteiger partial charge in [0.2, 0.25) is 11.8 Å². The third-order valence-corrected chi connectivity index (χ3v) is 5.27. The van der Waals surface area contributed by atoms with Crippen molar-refractivity contribution in [1.29, 1.82) is 0 Å². The van der Waals surface area contributed by atoms with Gasteiger partial charge in [-0.2, -0.15) is 0 Å². The molecule has 0 aliphatic carbocycles. The second kappa shape index (κ2) is 10.8. The number of rotatable bonds is 9. The molecule has 0 aliphatic rings. The minimum atomic E-state index is -0.0935. The number of hydrogen-bond acceptors (Lipinski definition) is 4. The lowest BCUT2D eigenvalue weighted by molar-refractivity contribution is -0.128. The molecule has 2 aromatic rings. The van der Waals surface area contributed by atoms with Crippen molar-refractivity contribution in [2.24, 2.45) is 0 Å². The van der Waals surface area contributed by atoms with Crippen molar-refractivity contribution in [1.82, 2.24) is 4.90 Å². The van der Waals surface area contributed by atoms with Crippen LogP contribution in [0.25, 0.3) is 0 Å². The smallest absolute Gasteiger partial charge is 0.234 e. The topological polar surface area (TPSA) is 52.7 Å². The van der Waals surface area contributed by atoms with Crippen LogP contribution in [0.2, 0.25) is 0 Å². The summed E-state index contributed by atoms with van der Waals surface area (Å²) in [5.74, 6) is 0.510. The Kier molecular flexibility index (Phi) is 8.39. The van der Waals surface area contributed by atoms with E-state index in [0.29, 0.717) is 18.8 Å². The van der Waals surface area contributed by atoms with Gasteiger partial charge < -0.3 is 15.1 Å². The zero-order valence-corrected chi connectivity index (χ0v) is 17.9. The summed E-state index contributed by atoms with van der Waals surface area (Å²) in [4.78, 5) is 28.4. The van der Waals surface area contributed by atoms with Gasteiger partial charge in [-0.05, 0) is 43.7 Å². The van der Waals surface area contributed by atoms with Gasteiger partial charge in [0.15, 0.2) is 0 Å². The van der Waals surface area contributed by atoms with Gasteiger partial charge >= 0.3 is 0 Å². The standard InChI is InChI=1S/C22H29N3O2S/c1-5-25(14-18-8-12-20(13-9-18)24(3)4)22(27)16-28-15-21(26)23-19-10-6-17(2)7-11-19/h6-13H,5,14-16H2,1-4H3,(H,23,26). The number of anilines is 2. The summed E-state index contributed by atoms with van der Waals surface area (Å²) in [6, 6.07) is 15.9. The number of hydrogen-bond donors (Lipinski definition) is 1. The zero-order chi connectivity index (χ0) is 20.5. The highest BCUT2D eigenvalue weighted by Gasteiger charge is 2.13. The van der Waals surface area contributed by atoms with Gasteiger partial charge in [-0.25, -0.2) is 0 Å². The van der Waals surface area contributed by atoms with Crippen molar-refractivity contribution in [2.75, 3.05) is 42.4 Å². The number of carbonyl (C=O) groups excluding carboxylic acids is 2. The van der Waals surface area contributed by atoms with Crippen LogP contribution in [-0.2, 0) is 16.1 Å². The van der Waals surface area contributed by atoms with Crippen molar-refractivity contribution in [3.8, 4) is 0 Å². The highest BCUT2D eigenvalue weighted by atomic mass is 32.2. The lowest BCUT2D eigenvalue weighted by Gasteiger charge is -2.21. The zero-order valence-electron chi connectivity index (χ0n) is 17.1. The van der Waals surface area contributed by atoms with Crippen LogP contribution < -0.4 is 10.2 Å². The predicted molar refractivity (Wildman–Crippen MR) is 119 cm³/mol. The molecule has 5 nitrogen and oxygen atoms in total. The maximum Gasteiger partial charge on any atom is 0.234 e. The van der Waals surface area contributed by atoms with Gasteiger partial charge in [0, 0.05) is 38.6 Å². The molecule has 150 valence electrons. The molecule has 2 amide bonds. The van der Waals surface area contributed by atoms with Gasteiger partial charge in [0.25, 0.3) is 0 Å². The van der Waals surface area contributed by atoms with E-state index in [2.05, 4.69) is 17.4 Å². The molecular weight excluding hydrogens is 370 g/mol. The van der Waals surface area contributed by atoms with E-state index in [-0.39, 0.29) is 17.6 Å². The predicted octanol–water partition coefficient (Wildman–Crippen LogP) is 3.78. The summed E-state index contributed by atoms with van der Waals surface area (Å²) in [6.07, 6.45) is 0. The number of thioether (sulfide) groups is 1. The Morgan fingerprint density at radius 2 is 1.61 bits per heavy atom. The molecule has 2 rings (SSSR count). The highest BCUT2D eigenvalue weighted by molar-refractivity contribution is 8.00. The van der Waals surface area contributed by atoms with Crippen molar-refractivity contribution in [3.63, 3.8) is 0 Å². The molecule has 0 saturated heterocycles. The number of carbonyl (C=O) groups is 2. The minimum absolute atomic E-state index is 0.0484. The molecule has 0 aliphatic heterocycles. The van der Waals surface area contributed by atoms with E-state index in [1.807, 2.05) is 74.1 Å². The molecule has 0 atom stereocenters. The van der Waals surface area contributed by atoms with E-state index >= 15 is 0 Å². The van der Waals surface area contributed by atoms with Gasteiger partial charge in [0.1, 0.15) is 0 Å². The number of aryl methyl sites for hydroxylation is 1. The molecule has 0 unspecified atom stereocenters. The Morgan fingerprint density at radius 3 is 2.18 bits per heavy atom. The van der Waals surface area contributed by atoms with Crippen molar-refractivity contribution >= 4 is 35.0 Å². The number of nitrogens with one attached hydrogen (secondary N) is 1. The molecular formula is C22H29N3O2S. The van der Waals surface area contributed by atoms with Crippen LogP contribution in [0.15, 0.2) is 48.5 Å². The SMILES string of the molecule is CCN(Cc1ccc(N(C)C)cc1)C(=O)CSCC(=O)Nc1ccc(C)cc1. The first-order valence-corrected chi connectivity index (χ1v) is 10.5. The second-order valence-electron chi connectivity index (χ2n) is 6.88. The van der Waals surface area contributed by atoms with Crippen molar-refractivity contribution < 1.29 is 9.59 Å². The van der Waals surface area contributed by atoms with E-state index in [0.717, 1.165) is 22.5 Å². The first-order valence-electron chi connectivity index (χ1n) is 9.37. The largest absolute Gasteiger partial charge is 0.378 e. The fourth-order valence-corrected chi connectivity index (χ4v) is 3.37. The van der Waals surface area contributed by atoms with Crippen LogP contribution in [0.4, 0.5) is 11.4 Å². The quantitative estimate of drug-likeness (QED) is 0.697. The molecule has 6 heteroatoms. The number of benzene rings is 2. The maximum absolute atomic E-state index is 12.5. The average molecular weight is 400 g/mol. The van der Waals surface area contributed by atoms with Crippen LogP contribution in [0.1, 0.15) is 18.1 Å². The van der Waals surface area contributed by atoms with E-state index < -0.39 is 0 Å². The molecule has 0 aromatic heterocycles. The molecule has 0 saturated carbocycles. The van der Waals surface area contributed by atoms with Crippen LogP contribution in [0.5, 0.6) is 0 Å². The second-order valence-corrected chi connectivity index (χ2v) is 7.86. The van der Waals surface area contributed by atoms with E-state index in [9.17, 15) is 9.59 Å². The van der Waals surface area contributed by atoms with Crippen LogP contribution in [0, 0.1) is 6.92 Å². The minimum Gasteiger partial charge on any atom is -0.378 e. The summed E-state index contributed by atoms with van der Waals surface area (Å²) in [5, 5.41) is 2.85. The normalized spacial score (nSPS) is 10.4. The van der Waals surface area contributed by atoms with Crippen LogP contribution in [0.3, 0.4) is 0 Å². The molecule has 0 fully saturated rings. The fourth-order valence-electron chi connectivity index (χ4n) is 2.65. The van der Waals surface area contributed by atoms with Crippen molar-refractivity contribution in [2.45, 2.75) is 20.4 Å². The Labute approximate surface area is 172 Å². The molecule has 0 bridgehead atoms. The molecule has 0 heterocycles.